The number of hydrogen-bond donors (Lipinski definition) is 2. The Bertz CT molecular complexity index is 1460. The molecule has 5 rings (SSSR count). The van der Waals surface area contributed by atoms with E-state index in [1.54, 1.807) is 12.1 Å². The van der Waals surface area contributed by atoms with E-state index in [4.69, 9.17) is 6.42 Å². The van der Waals surface area contributed by atoms with E-state index < -0.39 is 35.1 Å². The van der Waals surface area contributed by atoms with Crippen molar-refractivity contribution in [2.75, 3.05) is 81.1 Å². The van der Waals surface area contributed by atoms with Crippen LogP contribution in [0.1, 0.15) is 23.2 Å². The number of rotatable bonds is 6. The van der Waals surface area contributed by atoms with Crippen molar-refractivity contribution in [2.45, 2.75) is 31.1 Å². The molecule has 13 heteroatoms. The second-order valence-electron chi connectivity index (χ2n) is 11.4. The zero-order valence-electron chi connectivity index (χ0n) is 24.1. The van der Waals surface area contributed by atoms with Crippen LogP contribution < -0.4 is 20.4 Å². The van der Waals surface area contributed by atoms with Crippen LogP contribution in [0.2, 0.25) is 0 Å². The van der Waals surface area contributed by atoms with Crippen LogP contribution in [0.25, 0.3) is 0 Å². The van der Waals surface area contributed by atoms with E-state index in [9.17, 15) is 23.2 Å². The highest BCUT2D eigenvalue weighted by Crippen LogP contribution is 2.37. The Balaban J connectivity index is 1.40. The van der Waals surface area contributed by atoms with Gasteiger partial charge in [-0.1, -0.05) is 12.0 Å². The number of likely N-dealkylation sites (N-methyl/N-ethyl adjacent to an activating group) is 1. The van der Waals surface area contributed by atoms with Crippen LogP contribution in [0.5, 0.6) is 0 Å². The number of nitriles is 1. The van der Waals surface area contributed by atoms with E-state index in [-0.39, 0.29) is 30.0 Å². The van der Waals surface area contributed by atoms with Gasteiger partial charge in [0, 0.05) is 65.1 Å². The normalized spacial score (nSPS) is 20.9. The molecule has 2 N–H and O–H groups in total. The molecule has 1 aromatic carbocycles. The third-order valence-corrected chi connectivity index (χ3v) is 8.59. The van der Waals surface area contributed by atoms with Crippen LogP contribution >= 0.6 is 0 Å². The lowest BCUT2D eigenvalue weighted by molar-refractivity contribution is -0.137. The lowest BCUT2D eigenvalue weighted by atomic mass is 9.87. The zero-order chi connectivity index (χ0) is 30.9. The van der Waals surface area contributed by atoms with Gasteiger partial charge in [-0.05, 0) is 31.5 Å². The minimum Gasteiger partial charge on any atom is -0.366 e. The highest BCUT2D eigenvalue weighted by atomic mass is 19.4. The van der Waals surface area contributed by atoms with E-state index in [1.165, 1.54) is 31.0 Å². The van der Waals surface area contributed by atoms with Crippen LogP contribution in [-0.2, 0) is 11.0 Å². The van der Waals surface area contributed by atoms with E-state index in [0.717, 1.165) is 38.8 Å². The summed E-state index contributed by atoms with van der Waals surface area (Å²) in [7, 11) is 1.51. The number of nitrogens with one attached hydrogen (secondary N) is 2. The average Bonchev–Trinajstić information content (AvgIpc) is 2.94. The van der Waals surface area contributed by atoms with Gasteiger partial charge in [-0.15, -0.1) is 6.42 Å². The number of para-hydroxylation sites is 1. The van der Waals surface area contributed by atoms with Gasteiger partial charge in [0.1, 0.15) is 29.3 Å². The first-order valence-corrected chi connectivity index (χ1v) is 14.2. The first-order chi connectivity index (χ1) is 20.5. The number of alkyl halides is 3. The highest BCUT2D eigenvalue weighted by molar-refractivity contribution is 6.01. The largest absolute Gasteiger partial charge is 0.417 e. The molecule has 4 heterocycles. The van der Waals surface area contributed by atoms with Crippen molar-refractivity contribution in [1.29, 1.82) is 5.26 Å². The van der Waals surface area contributed by atoms with Gasteiger partial charge >= 0.3 is 6.18 Å². The van der Waals surface area contributed by atoms with Gasteiger partial charge in [-0.2, -0.15) is 18.4 Å². The van der Waals surface area contributed by atoms with E-state index in [1.807, 2.05) is 4.90 Å². The Morgan fingerprint density at radius 1 is 1.23 bits per heavy atom. The number of fused-ring (bicyclic) bond motifs is 1. The first kappa shape index (κ1) is 30.5. The number of piperazine rings is 1. The molecule has 1 amide bonds. The fourth-order valence-corrected chi connectivity index (χ4v) is 6.25. The molecule has 1 spiro atoms. The van der Waals surface area contributed by atoms with Gasteiger partial charge in [-0.3, -0.25) is 14.6 Å². The molecule has 1 aromatic heterocycles. The summed E-state index contributed by atoms with van der Waals surface area (Å²) in [5.74, 6) is 1.50. The molecular weight excluding hydrogens is 564 g/mol. The summed E-state index contributed by atoms with van der Waals surface area (Å²) in [5.41, 5.74) is -1.12. The number of terminal acetylenes is 1. The summed E-state index contributed by atoms with van der Waals surface area (Å²) < 4.78 is 56.5. The third kappa shape index (κ3) is 5.98. The molecule has 9 nitrogen and oxygen atoms in total. The monoisotopic (exact) mass is 598 g/mol. The highest BCUT2D eigenvalue weighted by Gasteiger charge is 2.46. The number of halogens is 4. The van der Waals surface area contributed by atoms with Crippen molar-refractivity contribution in [1.82, 2.24) is 20.1 Å². The number of aromatic nitrogens is 1. The van der Waals surface area contributed by atoms with Crippen LogP contribution in [0.3, 0.4) is 0 Å². The predicted molar refractivity (Wildman–Crippen MR) is 155 cm³/mol. The summed E-state index contributed by atoms with van der Waals surface area (Å²) in [5, 5.41) is 15.8. The maximum Gasteiger partial charge on any atom is 0.417 e. The molecule has 0 aliphatic carbocycles. The van der Waals surface area contributed by atoms with Crippen molar-refractivity contribution in [3.8, 4) is 18.4 Å². The maximum absolute atomic E-state index is 15.4. The smallest absolute Gasteiger partial charge is 0.366 e. The number of carbonyl (C=O) groups excluding carboxylic acids is 1. The van der Waals surface area contributed by atoms with Crippen LogP contribution in [0.15, 0.2) is 24.3 Å². The van der Waals surface area contributed by atoms with Gasteiger partial charge in [0.2, 0.25) is 5.91 Å². The average molecular weight is 599 g/mol. The minimum absolute atomic E-state index is 0.0276. The molecule has 1 atom stereocenters. The number of benzene rings is 1. The predicted octanol–water partition coefficient (Wildman–Crippen LogP) is 2.67. The molecule has 0 unspecified atom stereocenters. The minimum atomic E-state index is -4.77. The molecule has 3 aliphatic heterocycles. The Labute approximate surface area is 248 Å². The summed E-state index contributed by atoms with van der Waals surface area (Å²) >= 11 is 0. The molecule has 2 fully saturated rings. The first-order valence-electron chi connectivity index (χ1n) is 14.2. The molecule has 2 aromatic rings. The fourth-order valence-electron chi connectivity index (χ4n) is 6.25. The number of amides is 1. The van der Waals surface area contributed by atoms with Gasteiger partial charge in [-0.25, -0.2) is 9.37 Å². The quantitative estimate of drug-likeness (QED) is 0.388. The van der Waals surface area contributed by atoms with E-state index in [2.05, 4.69) is 31.3 Å². The SMILES string of the molecule is C#CCN1CCN(CCN2CC[C@H](Nc3nc(C)cc(C(F)(F)F)c3C#N)C(=O)N(C)c3cccc(F)c32)CC12CNC2. The topological polar surface area (TPSA) is 90.8 Å². The van der Waals surface area contributed by atoms with Crippen molar-refractivity contribution >= 4 is 23.1 Å². The standard InChI is InChI=1S/C30H34F4N8O/c1-4-9-42-14-12-40(19-29(42)17-36-18-29)11-13-41-10-8-24(28(43)39(3)25-7-5-6-23(31)26(25)41)38-27-21(16-35)22(30(32,33)34)15-20(2)37-27/h1,5-7,15,24,36H,8-14,17-19H2,2-3H3,(H,37,38)/t24-/m0/s1. The van der Waals surface area contributed by atoms with E-state index >= 15 is 4.39 Å². The Morgan fingerprint density at radius 2 is 2.00 bits per heavy atom. The van der Waals surface area contributed by atoms with Crippen molar-refractivity contribution in [2.24, 2.45) is 0 Å². The molecule has 228 valence electrons. The van der Waals surface area contributed by atoms with E-state index in [0.29, 0.717) is 31.0 Å². The summed E-state index contributed by atoms with van der Waals surface area (Å²) in [6.07, 6.45) is 0.965. The van der Waals surface area contributed by atoms with Crippen molar-refractivity contribution in [3.05, 3.63) is 46.9 Å². The zero-order valence-corrected chi connectivity index (χ0v) is 24.1. The maximum atomic E-state index is 15.4. The Hall–Kier alpha value is -3.91. The number of pyridine rings is 1. The van der Waals surface area contributed by atoms with Crippen LogP contribution in [0.4, 0.5) is 34.8 Å². The number of carbonyl (C=O) groups is 1. The van der Waals surface area contributed by atoms with Gasteiger partial charge < -0.3 is 20.4 Å². The summed E-state index contributed by atoms with van der Waals surface area (Å²) in [4.78, 5) is 25.6. The molecule has 43 heavy (non-hydrogen) atoms. The molecule has 0 bridgehead atoms. The molecular formula is C30H34F4N8O. The number of anilines is 3. The van der Waals surface area contributed by atoms with Gasteiger partial charge in [0.05, 0.1) is 29.0 Å². The molecule has 3 aliphatic rings. The lowest BCUT2D eigenvalue weighted by Gasteiger charge is -2.56. The van der Waals surface area contributed by atoms with Crippen LogP contribution in [-0.4, -0.2) is 98.2 Å². The van der Waals surface area contributed by atoms with Crippen molar-refractivity contribution in [3.63, 3.8) is 0 Å². The third-order valence-electron chi connectivity index (χ3n) is 8.59. The number of aryl methyl sites for hydroxylation is 1. The van der Waals surface area contributed by atoms with Crippen LogP contribution in [0, 0.1) is 36.4 Å². The van der Waals surface area contributed by atoms with Crippen molar-refractivity contribution < 1.29 is 22.4 Å². The summed E-state index contributed by atoms with van der Waals surface area (Å²) in [6.45, 7) is 7.47. The second kappa shape index (κ2) is 12.0. The fraction of sp³-hybridized carbons (Fsp3) is 0.500. The van der Waals surface area contributed by atoms with Gasteiger partial charge in [0.25, 0.3) is 0 Å². The van der Waals surface area contributed by atoms with Gasteiger partial charge in [0.15, 0.2) is 0 Å². The Morgan fingerprint density at radius 3 is 2.65 bits per heavy atom. The number of nitrogens with zero attached hydrogens (tertiary/aromatic N) is 6. The molecule has 0 radical (unpaired) electrons. The lowest BCUT2D eigenvalue weighted by Crippen LogP contribution is -2.76. The number of hydrogen-bond acceptors (Lipinski definition) is 8. The summed E-state index contributed by atoms with van der Waals surface area (Å²) in [6, 6.07) is 5.92. The second-order valence-corrected chi connectivity index (χ2v) is 11.4. The Kier molecular flexibility index (Phi) is 8.52. The molecule has 0 saturated carbocycles. The molecule has 2 saturated heterocycles.